The SMILES string of the molecule is Cc1cc(Nc2ncnc(Nc3ccc(I)cc3)c2[N+](=O)[O-])no1. The van der Waals surface area contributed by atoms with E-state index in [1.54, 1.807) is 13.0 Å². The molecule has 2 heterocycles. The quantitative estimate of drug-likeness (QED) is 0.351. The van der Waals surface area contributed by atoms with Gasteiger partial charge in [-0.15, -0.1) is 0 Å². The predicted molar refractivity (Wildman–Crippen MR) is 95.7 cm³/mol. The van der Waals surface area contributed by atoms with Gasteiger partial charge in [-0.3, -0.25) is 10.1 Å². The fraction of sp³-hybridized carbons (Fsp3) is 0.0714. The number of benzene rings is 1. The van der Waals surface area contributed by atoms with Gasteiger partial charge in [0.15, 0.2) is 5.82 Å². The Morgan fingerprint density at radius 1 is 1.17 bits per heavy atom. The Bertz CT molecular complexity index is 880. The molecule has 24 heavy (non-hydrogen) atoms. The molecule has 9 nitrogen and oxygen atoms in total. The number of hydrogen-bond acceptors (Lipinski definition) is 8. The fourth-order valence-electron chi connectivity index (χ4n) is 1.95. The molecule has 0 spiro atoms. The van der Waals surface area contributed by atoms with E-state index in [1.807, 2.05) is 24.3 Å². The maximum Gasteiger partial charge on any atom is 0.353 e. The minimum Gasteiger partial charge on any atom is -0.360 e. The molecule has 0 bridgehead atoms. The number of aromatic nitrogens is 3. The maximum absolute atomic E-state index is 11.5. The highest BCUT2D eigenvalue weighted by molar-refractivity contribution is 14.1. The van der Waals surface area contributed by atoms with Crippen molar-refractivity contribution in [3.63, 3.8) is 0 Å². The highest BCUT2D eigenvalue weighted by Gasteiger charge is 2.24. The zero-order valence-electron chi connectivity index (χ0n) is 12.4. The Morgan fingerprint density at radius 3 is 2.42 bits per heavy atom. The zero-order chi connectivity index (χ0) is 17.1. The van der Waals surface area contributed by atoms with Crippen molar-refractivity contribution in [2.24, 2.45) is 0 Å². The summed E-state index contributed by atoms with van der Waals surface area (Å²) >= 11 is 2.18. The van der Waals surface area contributed by atoms with Gasteiger partial charge < -0.3 is 15.2 Å². The van der Waals surface area contributed by atoms with E-state index in [0.29, 0.717) is 17.3 Å². The number of nitrogens with one attached hydrogen (secondary N) is 2. The van der Waals surface area contributed by atoms with Crippen molar-refractivity contribution in [3.05, 3.63) is 56.1 Å². The first-order valence-corrected chi connectivity index (χ1v) is 7.83. The fourth-order valence-corrected chi connectivity index (χ4v) is 2.31. The average molecular weight is 438 g/mol. The standard InChI is InChI=1S/C14H11IN6O3/c1-8-6-11(20-24-8)19-14-12(21(22)23)13(16-7-17-14)18-10-4-2-9(15)3-5-10/h2-7H,1H3,(H2,16,17,18,19,20). The lowest BCUT2D eigenvalue weighted by Gasteiger charge is -2.08. The number of anilines is 4. The topological polar surface area (TPSA) is 119 Å². The van der Waals surface area contributed by atoms with Crippen LogP contribution in [-0.4, -0.2) is 20.0 Å². The first-order valence-electron chi connectivity index (χ1n) is 6.75. The molecule has 0 saturated heterocycles. The van der Waals surface area contributed by atoms with E-state index < -0.39 is 4.92 Å². The second-order valence-corrected chi connectivity index (χ2v) is 6.00. The molecule has 2 N–H and O–H groups in total. The van der Waals surface area contributed by atoms with E-state index >= 15 is 0 Å². The Morgan fingerprint density at radius 2 is 1.83 bits per heavy atom. The minimum absolute atomic E-state index is 0.0244. The Hall–Kier alpha value is -2.76. The summed E-state index contributed by atoms with van der Waals surface area (Å²) < 4.78 is 5.99. The lowest BCUT2D eigenvalue weighted by Crippen LogP contribution is -2.05. The van der Waals surface area contributed by atoms with Crippen LogP contribution < -0.4 is 10.6 Å². The molecule has 0 radical (unpaired) electrons. The van der Waals surface area contributed by atoms with Crippen LogP contribution in [0.1, 0.15) is 5.76 Å². The largest absolute Gasteiger partial charge is 0.360 e. The van der Waals surface area contributed by atoms with Crippen molar-refractivity contribution < 1.29 is 9.45 Å². The van der Waals surface area contributed by atoms with E-state index in [-0.39, 0.29) is 17.3 Å². The molecular formula is C14H11IN6O3. The van der Waals surface area contributed by atoms with Gasteiger partial charge in [-0.05, 0) is 53.8 Å². The normalized spacial score (nSPS) is 10.4. The van der Waals surface area contributed by atoms with Gasteiger partial charge in [0, 0.05) is 15.3 Å². The first kappa shape index (κ1) is 16.1. The van der Waals surface area contributed by atoms with Gasteiger partial charge in [-0.1, -0.05) is 5.16 Å². The highest BCUT2D eigenvalue weighted by Crippen LogP contribution is 2.32. The van der Waals surface area contributed by atoms with Gasteiger partial charge in [0.05, 0.1) is 4.92 Å². The van der Waals surface area contributed by atoms with Gasteiger partial charge in [0.25, 0.3) is 0 Å². The number of nitro groups is 1. The molecule has 0 unspecified atom stereocenters. The van der Waals surface area contributed by atoms with Crippen LogP contribution in [0.4, 0.5) is 28.8 Å². The van der Waals surface area contributed by atoms with Crippen LogP contribution >= 0.6 is 22.6 Å². The molecule has 2 aromatic heterocycles. The second kappa shape index (κ2) is 6.78. The molecule has 10 heteroatoms. The first-order chi connectivity index (χ1) is 11.5. The molecule has 0 saturated carbocycles. The predicted octanol–water partition coefficient (Wildman–Crippen LogP) is 3.77. The Kier molecular flexibility index (Phi) is 4.55. The molecule has 1 aromatic carbocycles. The van der Waals surface area contributed by atoms with Crippen LogP contribution in [0.25, 0.3) is 0 Å². The van der Waals surface area contributed by atoms with Crippen LogP contribution in [0.5, 0.6) is 0 Å². The van der Waals surface area contributed by atoms with Gasteiger partial charge in [-0.2, -0.15) is 0 Å². The van der Waals surface area contributed by atoms with E-state index in [4.69, 9.17) is 4.52 Å². The minimum atomic E-state index is -0.551. The van der Waals surface area contributed by atoms with Crippen molar-refractivity contribution in [2.45, 2.75) is 6.92 Å². The molecule has 0 aliphatic rings. The van der Waals surface area contributed by atoms with Crippen LogP contribution in [-0.2, 0) is 0 Å². The molecule has 0 aliphatic carbocycles. The molecule has 0 fully saturated rings. The molecular weight excluding hydrogens is 427 g/mol. The molecule has 0 aliphatic heterocycles. The van der Waals surface area contributed by atoms with E-state index in [9.17, 15) is 10.1 Å². The third-order valence-corrected chi connectivity index (χ3v) is 3.71. The van der Waals surface area contributed by atoms with Crippen LogP contribution in [0.15, 0.2) is 41.2 Å². The zero-order valence-corrected chi connectivity index (χ0v) is 14.5. The summed E-state index contributed by atoms with van der Waals surface area (Å²) in [5.41, 5.74) is 0.400. The summed E-state index contributed by atoms with van der Waals surface area (Å²) in [6, 6.07) is 8.99. The van der Waals surface area contributed by atoms with Crippen molar-refractivity contribution in [1.82, 2.24) is 15.1 Å². The van der Waals surface area contributed by atoms with Crippen molar-refractivity contribution in [1.29, 1.82) is 0 Å². The van der Waals surface area contributed by atoms with Gasteiger partial charge in [0.2, 0.25) is 11.6 Å². The smallest absolute Gasteiger partial charge is 0.353 e. The van der Waals surface area contributed by atoms with Crippen molar-refractivity contribution >= 4 is 51.4 Å². The summed E-state index contributed by atoms with van der Waals surface area (Å²) in [7, 11) is 0. The van der Waals surface area contributed by atoms with Crippen LogP contribution in [0.3, 0.4) is 0 Å². The summed E-state index contributed by atoms with van der Waals surface area (Å²) in [5.74, 6) is 1.01. The molecule has 122 valence electrons. The maximum atomic E-state index is 11.5. The lowest BCUT2D eigenvalue weighted by molar-refractivity contribution is -0.383. The number of rotatable bonds is 5. The van der Waals surface area contributed by atoms with Crippen molar-refractivity contribution in [3.8, 4) is 0 Å². The van der Waals surface area contributed by atoms with Crippen LogP contribution in [0.2, 0.25) is 0 Å². The third kappa shape index (κ3) is 3.59. The molecule has 3 aromatic rings. The second-order valence-electron chi connectivity index (χ2n) is 4.76. The third-order valence-electron chi connectivity index (χ3n) is 2.99. The summed E-state index contributed by atoms with van der Waals surface area (Å²) in [6.07, 6.45) is 1.23. The van der Waals surface area contributed by atoms with E-state index in [0.717, 1.165) is 3.57 Å². The summed E-state index contributed by atoms with van der Waals surface area (Å²) in [5, 5.41) is 20.9. The van der Waals surface area contributed by atoms with Crippen LogP contribution in [0, 0.1) is 20.6 Å². The molecule has 3 rings (SSSR count). The molecule has 0 atom stereocenters. The van der Waals surface area contributed by atoms with E-state index in [2.05, 4.69) is 48.3 Å². The summed E-state index contributed by atoms with van der Waals surface area (Å²) in [6.45, 7) is 1.72. The number of aryl methyl sites for hydroxylation is 1. The Labute approximate surface area is 149 Å². The molecule has 0 amide bonds. The van der Waals surface area contributed by atoms with Crippen molar-refractivity contribution in [2.75, 3.05) is 10.6 Å². The lowest BCUT2D eigenvalue weighted by atomic mass is 10.3. The van der Waals surface area contributed by atoms with Gasteiger partial charge >= 0.3 is 5.69 Å². The van der Waals surface area contributed by atoms with Gasteiger partial charge in [-0.25, -0.2) is 9.97 Å². The average Bonchev–Trinajstić information content (AvgIpc) is 2.94. The summed E-state index contributed by atoms with van der Waals surface area (Å²) in [4.78, 5) is 18.8. The number of halogens is 1. The monoisotopic (exact) mass is 438 g/mol. The number of hydrogen-bond donors (Lipinski definition) is 2. The highest BCUT2D eigenvalue weighted by atomic mass is 127. The van der Waals surface area contributed by atoms with Gasteiger partial charge in [0.1, 0.15) is 12.1 Å². The van der Waals surface area contributed by atoms with E-state index in [1.165, 1.54) is 6.33 Å². The Balaban J connectivity index is 1.95. The number of nitrogens with zero attached hydrogens (tertiary/aromatic N) is 4.